The van der Waals surface area contributed by atoms with E-state index in [1.165, 1.54) is 11.1 Å². The number of nitriles is 2. The Morgan fingerprint density at radius 3 is 2.33 bits per heavy atom. The monoisotopic (exact) mass is 278 g/mol. The molecule has 0 bridgehead atoms. The van der Waals surface area contributed by atoms with Gasteiger partial charge in [0, 0.05) is 0 Å². The highest BCUT2D eigenvalue weighted by Gasteiger charge is 2.02. The second-order valence-corrected chi connectivity index (χ2v) is 5.51. The molecule has 0 radical (unpaired) electrons. The number of hydrogen-bond acceptors (Lipinski definition) is 2. The summed E-state index contributed by atoms with van der Waals surface area (Å²) in [5, 5.41) is 17.9. The Morgan fingerprint density at radius 1 is 1.00 bits per heavy atom. The summed E-state index contributed by atoms with van der Waals surface area (Å²) in [4.78, 5) is 0. The first-order valence-corrected chi connectivity index (χ1v) is 7.29. The molecule has 0 aromatic heterocycles. The fourth-order valence-corrected chi connectivity index (χ4v) is 2.11. The van der Waals surface area contributed by atoms with Gasteiger partial charge in [0.05, 0.1) is 11.1 Å². The maximum absolute atomic E-state index is 9.01. The van der Waals surface area contributed by atoms with Crippen LogP contribution in [0.2, 0.25) is 0 Å². The van der Waals surface area contributed by atoms with Gasteiger partial charge in [-0.25, -0.2) is 0 Å². The quantitative estimate of drug-likeness (QED) is 0.683. The number of nitrogens with zero attached hydrogens (tertiary/aromatic N) is 2. The lowest BCUT2D eigenvalue weighted by Gasteiger charge is -2.02. The van der Waals surface area contributed by atoms with Gasteiger partial charge < -0.3 is 0 Å². The molecule has 0 aliphatic heterocycles. The minimum Gasteiger partial charge on any atom is -0.192 e. The molecule has 2 nitrogen and oxygen atoms in total. The molecule has 21 heavy (non-hydrogen) atoms. The third kappa shape index (κ3) is 6.11. The Morgan fingerprint density at radius 2 is 1.71 bits per heavy atom. The van der Waals surface area contributed by atoms with E-state index in [2.05, 4.69) is 39.0 Å². The van der Waals surface area contributed by atoms with Crippen LogP contribution in [0.3, 0.4) is 0 Å². The van der Waals surface area contributed by atoms with Crippen molar-refractivity contribution < 1.29 is 0 Å². The van der Waals surface area contributed by atoms with Crippen LogP contribution >= 0.6 is 0 Å². The predicted molar refractivity (Wildman–Crippen MR) is 86.6 cm³/mol. The molecule has 108 valence electrons. The van der Waals surface area contributed by atoms with Crippen LogP contribution in [0, 0.1) is 22.7 Å². The second-order valence-electron chi connectivity index (χ2n) is 5.51. The molecule has 0 unspecified atom stereocenters. The van der Waals surface area contributed by atoms with Crippen LogP contribution in [-0.4, -0.2) is 0 Å². The summed E-state index contributed by atoms with van der Waals surface area (Å²) in [5.74, 6) is 0. The van der Waals surface area contributed by atoms with E-state index in [0.717, 1.165) is 31.2 Å². The molecule has 0 saturated heterocycles. The lowest BCUT2D eigenvalue weighted by Crippen LogP contribution is -1.89. The molecule has 0 atom stereocenters. The Hall–Kier alpha value is -2.32. The van der Waals surface area contributed by atoms with Crippen LogP contribution in [0.4, 0.5) is 0 Å². The number of allylic oxidation sites excluding steroid dienone is 4. The summed E-state index contributed by atoms with van der Waals surface area (Å²) in [6.45, 7) is 6.41. The SMILES string of the molecule is CC(C)=CCCC(C)=CCCc1ccc(C#N)c(C#N)c1. The number of aryl methyl sites for hydroxylation is 1. The first-order chi connectivity index (χ1) is 10.1. The van der Waals surface area contributed by atoms with Crippen molar-refractivity contribution in [1.82, 2.24) is 0 Å². The Balaban J connectivity index is 2.54. The van der Waals surface area contributed by atoms with Gasteiger partial charge in [0.2, 0.25) is 0 Å². The minimum atomic E-state index is 0.453. The van der Waals surface area contributed by atoms with Crippen LogP contribution in [0.25, 0.3) is 0 Å². The largest absolute Gasteiger partial charge is 0.192 e. The predicted octanol–water partition coefficient (Wildman–Crippen LogP) is 5.06. The van der Waals surface area contributed by atoms with Gasteiger partial charge in [-0.1, -0.05) is 29.4 Å². The van der Waals surface area contributed by atoms with E-state index in [9.17, 15) is 0 Å². The van der Waals surface area contributed by atoms with Gasteiger partial charge >= 0.3 is 0 Å². The molecule has 0 aliphatic rings. The number of rotatable bonds is 6. The van der Waals surface area contributed by atoms with Crippen LogP contribution in [0.1, 0.15) is 56.7 Å². The van der Waals surface area contributed by atoms with E-state index in [1.54, 1.807) is 6.07 Å². The van der Waals surface area contributed by atoms with Crippen molar-refractivity contribution in [3.8, 4) is 12.1 Å². The lowest BCUT2D eigenvalue weighted by atomic mass is 10.0. The third-order valence-corrected chi connectivity index (χ3v) is 3.34. The van der Waals surface area contributed by atoms with E-state index < -0.39 is 0 Å². The topological polar surface area (TPSA) is 47.6 Å². The molecule has 2 heteroatoms. The smallest absolute Gasteiger partial charge is 0.101 e. The van der Waals surface area contributed by atoms with Crippen molar-refractivity contribution >= 4 is 0 Å². The second kappa shape index (κ2) is 8.77. The summed E-state index contributed by atoms with van der Waals surface area (Å²) in [6.07, 6.45) is 8.60. The number of benzene rings is 1. The lowest BCUT2D eigenvalue weighted by molar-refractivity contribution is 0.925. The van der Waals surface area contributed by atoms with E-state index in [1.807, 2.05) is 18.2 Å². The van der Waals surface area contributed by atoms with E-state index in [-0.39, 0.29) is 0 Å². The highest BCUT2D eigenvalue weighted by atomic mass is 14.3. The molecule has 0 aliphatic carbocycles. The average molecular weight is 278 g/mol. The molecular weight excluding hydrogens is 256 g/mol. The van der Waals surface area contributed by atoms with E-state index in [0.29, 0.717) is 11.1 Å². The van der Waals surface area contributed by atoms with Crippen molar-refractivity contribution in [3.05, 3.63) is 58.2 Å². The van der Waals surface area contributed by atoms with Gasteiger partial charge in [0.25, 0.3) is 0 Å². The Kier molecular flexibility index (Phi) is 6.99. The van der Waals surface area contributed by atoms with Crippen molar-refractivity contribution in [1.29, 1.82) is 10.5 Å². The molecule has 0 amide bonds. The van der Waals surface area contributed by atoms with Gasteiger partial charge in [-0.3, -0.25) is 0 Å². The van der Waals surface area contributed by atoms with Crippen molar-refractivity contribution in [3.63, 3.8) is 0 Å². The van der Waals surface area contributed by atoms with Gasteiger partial charge in [-0.15, -0.1) is 0 Å². The molecule has 1 rings (SSSR count). The van der Waals surface area contributed by atoms with Crippen LogP contribution < -0.4 is 0 Å². The molecule has 0 saturated carbocycles. The maximum atomic E-state index is 9.01. The minimum absolute atomic E-state index is 0.453. The van der Waals surface area contributed by atoms with Crippen LogP contribution in [0.5, 0.6) is 0 Å². The van der Waals surface area contributed by atoms with Gasteiger partial charge in [-0.2, -0.15) is 10.5 Å². The molecule has 0 spiro atoms. The summed E-state index contributed by atoms with van der Waals surface area (Å²) in [7, 11) is 0. The summed E-state index contributed by atoms with van der Waals surface area (Å²) >= 11 is 0. The van der Waals surface area contributed by atoms with E-state index in [4.69, 9.17) is 10.5 Å². The van der Waals surface area contributed by atoms with Crippen molar-refractivity contribution in [2.75, 3.05) is 0 Å². The normalized spacial score (nSPS) is 10.6. The average Bonchev–Trinajstić information content (AvgIpc) is 2.46. The van der Waals surface area contributed by atoms with Crippen molar-refractivity contribution in [2.45, 2.75) is 46.5 Å². The first kappa shape index (κ1) is 16.7. The number of hydrogen-bond donors (Lipinski definition) is 0. The van der Waals surface area contributed by atoms with Gasteiger partial charge in [0.15, 0.2) is 0 Å². The van der Waals surface area contributed by atoms with Crippen LogP contribution in [0.15, 0.2) is 41.5 Å². The van der Waals surface area contributed by atoms with Gasteiger partial charge in [-0.05, 0) is 64.2 Å². The van der Waals surface area contributed by atoms with Crippen LogP contribution in [-0.2, 0) is 6.42 Å². The first-order valence-electron chi connectivity index (χ1n) is 7.29. The zero-order valence-electron chi connectivity index (χ0n) is 13.1. The Bertz CT molecular complexity index is 618. The summed E-state index contributed by atoms with van der Waals surface area (Å²) in [6, 6.07) is 9.62. The molecule has 0 heterocycles. The zero-order chi connectivity index (χ0) is 15.7. The highest BCUT2D eigenvalue weighted by Crippen LogP contribution is 2.14. The molecular formula is C19H22N2. The highest BCUT2D eigenvalue weighted by molar-refractivity contribution is 5.47. The zero-order valence-corrected chi connectivity index (χ0v) is 13.1. The van der Waals surface area contributed by atoms with Gasteiger partial charge in [0.1, 0.15) is 12.1 Å². The van der Waals surface area contributed by atoms with E-state index >= 15 is 0 Å². The van der Waals surface area contributed by atoms with Crippen molar-refractivity contribution in [2.24, 2.45) is 0 Å². The molecule has 0 fully saturated rings. The summed E-state index contributed by atoms with van der Waals surface area (Å²) < 4.78 is 0. The fraction of sp³-hybridized carbons (Fsp3) is 0.368. The molecule has 1 aromatic rings. The fourth-order valence-electron chi connectivity index (χ4n) is 2.11. The maximum Gasteiger partial charge on any atom is 0.101 e. The molecule has 1 aromatic carbocycles. The summed E-state index contributed by atoms with van der Waals surface area (Å²) in [5.41, 5.74) is 4.80. The third-order valence-electron chi connectivity index (χ3n) is 3.34. The standard InChI is InChI=1S/C19H22N2/c1-15(2)6-4-7-16(3)8-5-9-17-10-11-18(13-20)19(12-17)14-21/h6,8,10-12H,4-5,7,9H2,1-3H3. The Labute approximate surface area is 128 Å². The molecule has 0 N–H and O–H groups in total.